The molecule has 27 heteroatoms. The fourth-order valence-corrected chi connectivity index (χ4v) is 22.1. The minimum absolute atomic E-state index is 0. The maximum Gasteiger partial charge on any atom is 0.400 e. The molecule has 0 unspecified atom stereocenters. The summed E-state index contributed by atoms with van der Waals surface area (Å²) in [5.41, 5.74) is 3.85. The van der Waals surface area contributed by atoms with Crippen LogP contribution in [-0.2, 0) is 22.3 Å². The van der Waals surface area contributed by atoms with Crippen LogP contribution in [0, 0.1) is 225 Å². The van der Waals surface area contributed by atoms with E-state index in [1.54, 1.807) is 0 Å². The maximum absolute atomic E-state index is 14.5. The van der Waals surface area contributed by atoms with E-state index in [0.717, 1.165) is 170 Å². The predicted octanol–water partition coefficient (Wildman–Crippen LogP) is 41.9. The van der Waals surface area contributed by atoms with Crippen molar-refractivity contribution in [3.63, 3.8) is 0 Å². The average Bonchev–Trinajstić information content (AvgIpc) is 0.796. The molecule has 9 aliphatic carbocycles. The van der Waals surface area contributed by atoms with Gasteiger partial charge in [-0.2, -0.15) is 30.7 Å². The summed E-state index contributed by atoms with van der Waals surface area (Å²) in [4.78, 5) is 0. The van der Waals surface area contributed by atoms with E-state index in [1.165, 1.54) is 225 Å². The van der Waals surface area contributed by atoms with Crippen molar-refractivity contribution in [3.05, 3.63) is 239 Å². The summed E-state index contributed by atoms with van der Waals surface area (Å²) in [6.07, 6.45) is 41.1. The van der Waals surface area contributed by atoms with Gasteiger partial charge in [-0.05, 0) is 366 Å². The molecule has 0 heterocycles. The van der Waals surface area contributed by atoms with Crippen molar-refractivity contribution >= 4 is 23.2 Å². The minimum atomic E-state index is -3.48. The van der Waals surface area contributed by atoms with E-state index in [9.17, 15) is 87.8 Å². The lowest BCUT2D eigenvalue weighted by atomic mass is 9.69. The fraction of sp³-hybridized carbons (Fsp3) is 0.636. The largest absolute Gasteiger partial charge is 0.486 e. The second kappa shape index (κ2) is 63.0. The molecule has 7 aromatic rings. The average molecular weight is 2170 g/mol. The molecule has 9 fully saturated rings. The first-order valence-electron chi connectivity index (χ1n) is 54.4. The molecule has 0 aliphatic heterocycles. The van der Waals surface area contributed by atoms with E-state index < -0.39 is 119 Å². The van der Waals surface area contributed by atoms with E-state index in [4.69, 9.17) is 37.4 Å². The van der Waals surface area contributed by atoms with Crippen LogP contribution < -0.4 is 14.2 Å². The molecule has 9 saturated carbocycles. The minimum Gasteiger partial charge on any atom is -0.486 e. The third-order valence-corrected chi connectivity index (χ3v) is 33.5. The molecule has 848 valence electrons. The Morgan fingerprint density at radius 3 is 0.858 bits per heavy atom. The number of alkyl halides is 6. The first kappa shape index (κ1) is 126. The van der Waals surface area contributed by atoms with Crippen LogP contribution in [0.15, 0.2) is 97.1 Å². The summed E-state index contributed by atoms with van der Waals surface area (Å²) in [5.74, 6) is -6.99. The molecule has 0 bridgehead atoms. The molecule has 0 saturated heterocycles. The maximum atomic E-state index is 14.5. The Bertz CT molecular complexity index is 4960. The summed E-state index contributed by atoms with van der Waals surface area (Å²) in [5, 5.41) is 0.592. The number of aryl methyl sites for hydroxylation is 9. The van der Waals surface area contributed by atoms with Gasteiger partial charge in [-0.3, -0.25) is 0 Å². The standard InChI is InChI=1S/C21H28F4O.C17H22F2O.2C16H22ClF.C15H18F4O.C14H25FO.C8H15FO.2C7H5F3.9H2/c1-13-3-6-15(7-4-13)16-8-10-17(11-9-16)21(24,25)26-18-12-5-14(2)19(22)20(18)23;1-12-5-8-14(9-6-12)4-3-11-20-15-10-7-13(2)16(18)17(15)19;2*1-11-3-6-13(7-4-11)8-10-14-9-5-12(2)15(17)16(14)18;1-9-3-6-11(7-4-9)15(18,19)20-12-8-5-10(2)13(16)14(12)17;1-11-2-4-12(5-3-11)13-6-8-14(9-7-13)16-10-15;1-7-2-4-8(5-3-7)10-6-9;2*1-4-2-3-5(8)7(10)6(4)9;;;;;;;;;/h5,12-13,15-17H,3-4,6-11H2,1-2H3;3-4,7,10,12,14H,5-6,8-9,11H2,1-2H3;2*5,9,11,13H,3-4,6-8,10H2,1-2H3;5,8-9,11H,3-4,6-7H2,1-2H3;11-14H,2-10H2,1H3;7-8H,2-6H2,1H3;2*2-3H,1H3;9*1H. The van der Waals surface area contributed by atoms with E-state index in [2.05, 4.69) is 57.1 Å². The quantitative estimate of drug-likeness (QED) is 0.0384. The molecule has 0 aromatic heterocycles. The molecule has 148 heavy (non-hydrogen) atoms. The number of benzene rings is 7. The van der Waals surface area contributed by atoms with Gasteiger partial charge in [0.05, 0.1) is 34.1 Å². The van der Waals surface area contributed by atoms with Crippen molar-refractivity contribution < 1.29 is 124 Å². The normalized spacial score (nSPS) is 25.6. The molecule has 0 N–H and O–H groups in total. The number of halogens is 22. The highest BCUT2D eigenvalue weighted by Crippen LogP contribution is 2.49. The summed E-state index contributed by atoms with van der Waals surface area (Å²) < 4.78 is 288. The van der Waals surface area contributed by atoms with Gasteiger partial charge in [-0.1, -0.05) is 241 Å². The molecule has 16 rings (SSSR count). The predicted molar refractivity (Wildman–Crippen MR) is 573 cm³/mol. The Balaban J connectivity index is 0. The Morgan fingerprint density at radius 1 is 0.284 bits per heavy atom. The third-order valence-electron chi connectivity index (χ3n) is 32.6. The lowest BCUT2D eigenvalue weighted by Gasteiger charge is -2.38. The van der Waals surface area contributed by atoms with Crippen LogP contribution in [0.2, 0.25) is 10.0 Å². The molecule has 7 aromatic carbocycles. The molecule has 0 radical (unpaired) electrons. The smallest absolute Gasteiger partial charge is 0.400 e. The second-order valence-corrected chi connectivity index (χ2v) is 45.1. The number of rotatable bonds is 22. The molecular weight excluding hydrogens is 1980 g/mol. The zero-order valence-electron chi connectivity index (χ0n) is 89.4. The third kappa shape index (κ3) is 40.6. The summed E-state index contributed by atoms with van der Waals surface area (Å²) >= 11 is 11.9. The molecule has 9 aliphatic rings. The van der Waals surface area contributed by atoms with E-state index in [0.29, 0.717) is 77.8 Å². The van der Waals surface area contributed by atoms with Gasteiger partial charge in [-0.15, -0.1) is 0 Å². The highest BCUT2D eigenvalue weighted by atomic mass is 35.5. The van der Waals surface area contributed by atoms with Crippen LogP contribution in [0.1, 0.15) is 355 Å². The van der Waals surface area contributed by atoms with Crippen LogP contribution in [0.25, 0.3) is 0 Å². The van der Waals surface area contributed by atoms with Crippen molar-refractivity contribution in [1.82, 2.24) is 0 Å². The van der Waals surface area contributed by atoms with Gasteiger partial charge in [0.15, 0.2) is 83.3 Å². The Hall–Kier alpha value is -7.22. The van der Waals surface area contributed by atoms with Gasteiger partial charge in [0.25, 0.3) is 0 Å². The van der Waals surface area contributed by atoms with Crippen LogP contribution >= 0.6 is 23.2 Å². The van der Waals surface area contributed by atoms with Gasteiger partial charge in [0.1, 0.15) is 18.2 Å². The molecule has 0 atom stereocenters. The van der Waals surface area contributed by atoms with E-state index >= 15 is 0 Å². The Morgan fingerprint density at radius 2 is 0.534 bits per heavy atom. The van der Waals surface area contributed by atoms with Crippen molar-refractivity contribution in [2.45, 2.75) is 378 Å². The number of hydrogen-bond donors (Lipinski definition) is 0. The van der Waals surface area contributed by atoms with Gasteiger partial charge >= 0.3 is 12.2 Å². The van der Waals surface area contributed by atoms with Crippen molar-refractivity contribution in [2.75, 3.05) is 20.3 Å². The molecular formula is C121H180Cl2F20O5. The van der Waals surface area contributed by atoms with Crippen LogP contribution in [-0.4, -0.2) is 44.8 Å². The van der Waals surface area contributed by atoms with Gasteiger partial charge in [0.2, 0.25) is 17.5 Å². The van der Waals surface area contributed by atoms with Crippen LogP contribution in [0.4, 0.5) is 87.8 Å². The van der Waals surface area contributed by atoms with Crippen molar-refractivity contribution in [1.29, 1.82) is 0 Å². The first-order valence-corrected chi connectivity index (χ1v) is 55.1. The lowest BCUT2D eigenvalue weighted by molar-refractivity contribution is -0.225. The van der Waals surface area contributed by atoms with E-state index in [1.807, 2.05) is 51.1 Å². The van der Waals surface area contributed by atoms with Crippen molar-refractivity contribution in [3.8, 4) is 17.2 Å². The Kier molecular flexibility index (Phi) is 53.6. The van der Waals surface area contributed by atoms with Crippen molar-refractivity contribution in [2.24, 2.45) is 94.7 Å². The lowest BCUT2D eigenvalue weighted by Crippen LogP contribution is -2.38. The zero-order chi connectivity index (χ0) is 109. The fourth-order valence-electron chi connectivity index (χ4n) is 21.8. The van der Waals surface area contributed by atoms with E-state index in [-0.39, 0.29) is 71.3 Å². The highest BCUT2D eigenvalue weighted by Gasteiger charge is 2.47. The topological polar surface area (TPSA) is 46.2 Å². The zero-order valence-corrected chi connectivity index (χ0v) is 90.9. The van der Waals surface area contributed by atoms with Gasteiger partial charge in [0, 0.05) is 12.8 Å². The summed E-state index contributed by atoms with van der Waals surface area (Å²) in [6, 6.07) is 19.4. The first-order chi connectivity index (χ1) is 70.2. The van der Waals surface area contributed by atoms with Crippen LogP contribution in [0.3, 0.4) is 0 Å². The molecule has 0 amide bonds. The Labute approximate surface area is 892 Å². The summed E-state index contributed by atoms with van der Waals surface area (Å²) in [6.45, 7) is 25.6. The number of ether oxygens (including phenoxy) is 5. The monoisotopic (exact) mass is 2160 g/mol. The van der Waals surface area contributed by atoms with Gasteiger partial charge in [-0.25, -0.2) is 57.1 Å². The van der Waals surface area contributed by atoms with Gasteiger partial charge < -0.3 is 23.7 Å². The number of hydrogen-bond acceptors (Lipinski definition) is 5. The molecule has 5 nitrogen and oxygen atoms in total. The molecule has 0 spiro atoms. The summed E-state index contributed by atoms with van der Waals surface area (Å²) in [7, 11) is 0. The second-order valence-electron chi connectivity index (χ2n) is 44.3. The SMILES string of the molecule is CC1CCC(C2CCC(OCF)CC2)CC1.CC1CCC(OCF)CC1.Cc1ccc(CCC2CCC(C)CC2)c(F)c1Cl.Cc1ccc(CCC2CCC(C)CC2)c(F)c1Cl.Cc1ccc(F)c(F)c1F.Cc1ccc(F)c(F)c1F.Cc1ccc(OC(F)(F)C2CCC(C)CC2)c(F)c1F.Cc1ccc(OC(F)(F)C2CCC(C3CCC(C)CC3)CC2)c(F)c1F.Cc1ccc(OCC=CC2CCC(C)CC2)c(F)c1F.[HH].[HH].[HH].[HH].[HH].[HH].[HH].[HH].[HH]. The van der Waals surface area contributed by atoms with Crippen LogP contribution in [0.5, 0.6) is 17.2 Å². The number of allylic oxidation sites excluding steroid dienone is 1. The highest BCUT2D eigenvalue weighted by molar-refractivity contribution is 6.31.